The first-order chi connectivity index (χ1) is 7.43. The van der Waals surface area contributed by atoms with Crippen molar-refractivity contribution in [2.75, 3.05) is 0 Å². The average Bonchev–Trinajstić information content (AvgIpc) is 1.96. The van der Waals surface area contributed by atoms with Gasteiger partial charge in [0.05, 0.1) is 0 Å². The summed E-state index contributed by atoms with van der Waals surface area (Å²) in [6, 6.07) is 0. The summed E-state index contributed by atoms with van der Waals surface area (Å²) in [5, 5.41) is 0. The zero-order chi connectivity index (χ0) is 13.9. The van der Waals surface area contributed by atoms with Crippen LogP contribution in [0.25, 0.3) is 0 Å². The van der Waals surface area contributed by atoms with Crippen molar-refractivity contribution in [3.8, 4) is 0 Å². The van der Waals surface area contributed by atoms with Gasteiger partial charge in [-0.3, -0.25) is 4.79 Å². The highest BCUT2D eigenvalue weighted by atomic mass is 32.2. The van der Waals surface area contributed by atoms with E-state index in [2.05, 4.69) is 0 Å². The number of nitrogens with one attached hydrogen (secondary N) is 2. The van der Waals surface area contributed by atoms with Gasteiger partial charge in [-0.1, -0.05) is 13.8 Å². The fourth-order valence-electron chi connectivity index (χ4n) is 0.684. The Kier molecular flexibility index (Phi) is 4.94. The second kappa shape index (κ2) is 5.35. The normalized spacial score (nSPS) is 12.1. The minimum absolute atomic E-state index is 0.509. The summed E-state index contributed by atoms with van der Waals surface area (Å²) in [5.41, 5.74) is -0.818. The van der Waals surface area contributed by atoms with Crippen LogP contribution in [0, 0.1) is 5.92 Å². The molecule has 0 saturated heterocycles. The second-order valence-electron chi connectivity index (χ2n) is 4.73. The Labute approximate surface area is 101 Å². The van der Waals surface area contributed by atoms with Crippen LogP contribution in [0.4, 0.5) is 4.79 Å². The van der Waals surface area contributed by atoms with Gasteiger partial charge in [0, 0.05) is 5.92 Å². The van der Waals surface area contributed by atoms with Crippen LogP contribution in [-0.2, 0) is 19.7 Å². The van der Waals surface area contributed by atoms with E-state index < -0.39 is 33.7 Å². The van der Waals surface area contributed by atoms with Gasteiger partial charge in [-0.05, 0) is 20.8 Å². The molecule has 0 aromatic rings. The van der Waals surface area contributed by atoms with Gasteiger partial charge in [0.2, 0.25) is 5.91 Å². The summed E-state index contributed by atoms with van der Waals surface area (Å²) < 4.78 is 30.6. The fourth-order valence-corrected chi connectivity index (χ4v) is 1.50. The van der Waals surface area contributed by atoms with E-state index in [1.54, 1.807) is 30.2 Å². The van der Waals surface area contributed by atoms with Crippen molar-refractivity contribution in [1.82, 2.24) is 9.44 Å². The lowest BCUT2D eigenvalue weighted by atomic mass is 10.2. The van der Waals surface area contributed by atoms with Gasteiger partial charge in [-0.25, -0.2) is 14.2 Å². The Morgan fingerprint density at radius 1 is 1.12 bits per heavy atom. The standard InChI is InChI=1S/C9H18N2O5S/c1-6(2)7(12)10-17(14,15)11-8(13)16-9(3,4)5/h6H,1-5H3,(H,10,12)(H,11,13). The van der Waals surface area contributed by atoms with Crippen LogP contribution in [0.3, 0.4) is 0 Å². The molecule has 0 spiro atoms. The molecule has 8 heteroatoms. The van der Waals surface area contributed by atoms with E-state index in [1.807, 2.05) is 0 Å². The molecule has 0 aromatic carbocycles. The monoisotopic (exact) mass is 266 g/mol. The maximum absolute atomic E-state index is 11.3. The van der Waals surface area contributed by atoms with Crippen molar-refractivity contribution in [1.29, 1.82) is 0 Å². The van der Waals surface area contributed by atoms with Crippen molar-refractivity contribution in [2.45, 2.75) is 40.2 Å². The third-order valence-electron chi connectivity index (χ3n) is 1.38. The van der Waals surface area contributed by atoms with Crippen LogP contribution < -0.4 is 9.44 Å². The highest BCUT2D eigenvalue weighted by Gasteiger charge is 2.23. The number of carbonyl (C=O) groups excluding carboxylic acids is 2. The van der Waals surface area contributed by atoms with E-state index >= 15 is 0 Å². The third-order valence-corrected chi connectivity index (χ3v) is 2.28. The van der Waals surface area contributed by atoms with E-state index in [9.17, 15) is 18.0 Å². The Balaban J connectivity index is 4.47. The molecule has 0 aliphatic carbocycles. The Morgan fingerprint density at radius 2 is 1.59 bits per heavy atom. The minimum atomic E-state index is -4.22. The zero-order valence-electron chi connectivity index (χ0n) is 10.5. The molecule has 100 valence electrons. The summed E-state index contributed by atoms with van der Waals surface area (Å²) >= 11 is 0. The first-order valence-corrected chi connectivity index (χ1v) is 6.48. The molecule has 0 aromatic heterocycles. The summed E-state index contributed by atoms with van der Waals surface area (Å²) in [7, 11) is -4.22. The zero-order valence-corrected chi connectivity index (χ0v) is 11.3. The third kappa shape index (κ3) is 7.56. The molecule has 0 radical (unpaired) electrons. The Hall–Kier alpha value is -1.31. The van der Waals surface area contributed by atoms with Crippen molar-refractivity contribution in [3.05, 3.63) is 0 Å². The molecule has 0 fully saturated rings. The van der Waals surface area contributed by atoms with E-state index in [1.165, 1.54) is 13.8 Å². The molecular formula is C9H18N2O5S. The predicted octanol–water partition coefficient (Wildman–Crippen LogP) is 0.528. The molecule has 2 N–H and O–H groups in total. The van der Waals surface area contributed by atoms with Crippen LogP contribution in [0.2, 0.25) is 0 Å². The van der Waals surface area contributed by atoms with Crippen molar-refractivity contribution in [3.63, 3.8) is 0 Å². The van der Waals surface area contributed by atoms with Gasteiger partial charge in [-0.2, -0.15) is 8.42 Å². The highest BCUT2D eigenvalue weighted by Crippen LogP contribution is 2.06. The maximum atomic E-state index is 11.3. The molecule has 17 heavy (non-hydrogen) atoms. The summed E-state index contributed by atoms with van der Waals surface area (Å²) in [4.78, 5) is 22.3. The smallest absolute Gasteiger partial charge is 0.422 e. The van der Waals surface area contributed by atoms with Crippen molar-refractivity contribution in [2.24, 2.45) is 5.92 Å². The first kappa shape index (κ1) is 15.7. The van der Waals surface area contributed by atoms with E-state index in [0.717, 1.165) is 0 Å². The molecule has 0 heterocycles. The number of carbonyl (C=O) groups is 2. The molecule has 0 bridgehead atoms. The van der Waals surface area contributed by atoms with Gasteiger partial charge in [0.1, 0.15) is 5.60 Å². The summed E-state index contributed by atoms with van der Waals surface area (Å²) in [6.45, 7) is 7.82. The number of rotatable bonds is 3. The van der Waals surface area contributed by atoms with E-state index in [0.29, 0.717) is 0 Å². The Bertz CT molecular complexity index is 394. The second-order valence-corrected chi connectivity index (χ2v) is 6.14. The van der Waals surface area contributed by atoms with Gasteiger partial charge < -0.3 is 4.74 Å². The molecule has 0 aliphatic rings. The quantitative estimate of drug-likeness (QED) is 0.775. The molecule has 7 nitrogen and oxygen atoms in total. The number of amides is 2. The van der Waals surface area contributed by atoms with Crippen molar-refractivity contribution >= 4 is 22.2 Å². The molecule has 0 saturated carbocycles. The molecular weight excluding hydrogens is 248 g/mol. The molecule has 0 atom stereocenters. The topological polar surface area (TPSA) is 102 Å². The van der Waals surface area contributed by atoms with Crippen molar-refractivity contribution < 1.29 is 22.7 Å². The number of ether oxygens (including phenoxy) is 1. The van der Waals surface area contributed by atoms with Gasteiger partial charge in [0.25, 0.3) is 0 Å². The Morgan fingerprint density at radius 3 is 1.94 bits per heavy atom. The maximum Gasteiger partial charge on any atom is 0.422 e. The van der Waals surface area contributed by atoms with Crippen LogP contribution >= 0.6 is 0 Å². The number of hydrogen-bond donors (Lipinski definition) is 2. The van der Waals surface area contributed by atoms with Crippen LogP contribution in [0.1, 0.15) is 34.6 Å². The van der Waals surface area contributed by atoms with Crippen LogP contribution in [0.5, 0.6) is 0 Å². The SMILES string of the molecule is CC(C)C(=O)NS(=O)(=O)NC(=O)OC(C)(C)C. The van der Waals surface area contributed by atoms with Crippen LogP contribution in [0.15, 0.2) is 0 Å². The van der Waals surface area contributed by atoms with Crippen LogP contribution in [-0.4, -0.2) is 26.0 Å². The number of hydrogen-bond acceptors (Lipinski definition) is 5. The molecule has 0 rings (SSSR count). The molecule has 0 unspecified atom stereocenters. The molecule has 2 amide bonds. The average molecular weight is 266 g/mol. The summed E-state index contributed by atoms with van der Waals surface area (Å²) in [6.07, 6.45) is -1.14. The minimum Gasteiger partial charge on any atom is -0.443 e. The fraction of sp³-hybridized carbons (Fsp3) is 0.778. The lowest BCUT2D eigenvalue weighted by molar-refractivity contribution is -0.122. The molecule has 0 aliphatic heterocycles. The largest absolute Gasteiger partial charge is 0.443 e. The van der Waals surface area contributed by atoms with E-state index in [4.69, 9.17) is 4.74 Å². The first-order valence-electron chi connectivity index (χ1n) is 5.00. The lowest BCUT2D eigenvalue weighted by Crippen LogP contribution is -2.46. The lowest BCUT2D eigenvalue weighted by Gasteiger charge is -2.19. The summed E-state index contributed by atoms with van der Waals surface area (Å²) in [5.74, 6) is -1.22. The highest BCUT2D eigenvalue weighted by molar-refractivity contribution is 7.88. The predicted molar refractivity (Wildman–Crippen MR) is 61.3 cm³/mol. The van der Waals surface area contributed by atoms with Gasteiger partial charge >= 0.3 is 16.3 Å². The van der Waals surface area contributed by atoms with Gasteiger partial charge in [-0.15, -0.1) is 0 Å². The van der Waals surface area contributed by atoms with E-state index in [-0.39, 0.29) is 0 Å². The van der Waals surface area contributed by atoms with Gasteiger partial charge in [0.15, 0.2) is 0 Å².